The first kappa shape index (κ1) is 24.2. The minimum absolute atomic E-state index is 0.150. The van der Waals surface area contributed by atoms with E-state index >= 15 is 0 Å². The molecule has 2 aromatic heterocycles. The molecule has 1 atom stereocenters. The molecule has 1 aliphatic rings. The first-order valence-electron chi connectivity index (χ1n) is 11.9. The number of fused-ring (bicyclic) bond motifs is 1. The number of piperidine rings is 1. The number of rotatable bonds is 5. The van der Waals surface area contributed by atoms with E-state index in [1.807, 2.05) is 37.3 Å². The van der Waals surface area contributed by atoms with E-state index in [0.29, 0.717) is 22.7 Å². The zero-order chi connectivity index (χ0) is 25.3. The van der Waals surface area contributed by atoms with Gasteiger partial charge in [0.1, 0.15) is 5.65 Å². The Hall–Kier alpha value is -3.92. The number of amides is 2. The van der Waals surface area contributed by atoms with Gasteiger partial charge in [-0.15, -0.1) is 0 Å². The van der Waals surface area contributed by atoms with E-state index in [1.165, 1.54) is 5.56 Å². The molecular weight excluding hydrogens is 438 g/mol. The number of aryl methyl sites for hydroxylation is 2. The molecule has 4 rings (SSSR count). The molecule has 1 N–H and O–H groups in total. The Morgan fingerprint density at radius 3 is 2.66 bits per heavy atom. The maximum absolute atomic E-state index is 12.9. The van der Waals surface area contributed by atoms with Crippen LogP contribution in [-0.2, 0) is 11.8 Å². The van der Waals surface area contributed by atoms with E-state index in [1.54, 1.807) is 30.5 Å². The van der Waals surface area contributed by atoms with E-state index in [9.17, 15) is 9.59 Å². The molecule has 1 saturated heterocycles. The number of carbonyl (C=O) groups is 2. The smallest absolute Gasteiger partial charge is 0.255 e. The number of nitrogens with one attached hydrogen (secondary N) is 1. The second-order valence-corrected chi connectivity index (χ2v) is 9.51. The lowest BCUT2D eigenvalue weighted by Gasteiger charge is -2.34. The highest BCUT2D eigenvalue weighted by Gasteiger charge is 2.29. The molecule has 0 saturated carbocycles. The van der Waals surface area contributed by atoms with Gasteiger partial charge in [0, 0.05) is 37.3 Å². The molecule has 1 aromatic carbocycles. The lowest BCUT2D eigenvalue weighted by molar-refractivity contribution is -0.134. The first-order valence-corrected chi connectivity index (χ1v) is 11.9. The van der Waals surface area contributed by atoms with Crippen LogP contribution >= 0.6 is 0 Å². The van der Waals surface area contributed by atoms with E-state index < -0.39 is 0 Å². The molecule has 0 aliphatic carbocycles. The fourth-order valence-electron chi connectivity index (χ4n) is 4.79. The van der Waals surface area contributed by atoms with Crippen molar-refractivity contribution in [2.75, 3.05) is 18.4 Å². The fraction of sp³-hybridized carbons (Fsp3) is 0.357. The van der Waals surface area contributed by atoms with Crippen molar-refractivity contribution in [3.63, 3.8) is 0 Å². The second-order valence-electron chi connectivity index (χ2n) is 9.51. The van der Waals surface area contributed by atoms with Gasteiger partial charge in [0.2, 0.25) is 5.91 Å². The Kier molecular flexibility index (Phi) is 6.74. The summed E-state index contributed by atoms with van der Waals surface area (Å²) < 4.78 is 2.03. The summed E-state index contributed by atoms with van der Waals surface area (Å²) >= 11 is 0. The highest BCUT2D eigenvalue weighted by molar-refractivity contribution is 6.06. The van der Waals surface area contributed by atoms with E-state index in [0.717, 1.165) is 48.1 Å². The highest BCUT2D eigenvalue weighted by atomic mass is 16.2. The van der Waals surface area contributed by atoms with Crippen molar-refractivity contribution in [1.82, 2.24) is 14.5 Å². The Morgan fingerprint density at radius 1 is 1.29 bits per heavy atom. The third-order valence-corrected chi connectivity index (χ3v) is 7.13. The van der Waals surface area contributed by atoms with Crippen LogP contribution in [0.1, 0.15) is 59.7 Å². The third kappa shape index (κ3) is 4.69. The molecule has 0 bridgehead atoms. The van der Waals surface area contributed by atoms with Gasteiger partial charge in [-0.3, -0.25) is 9.59 Å². The van der Waals surface area contributed by atoms with Crippen LogP contribution in [0.15, 0.2) is 48.8 Å². The number of nitriles is 1. The van der Waals surface area contributed by atoms with E-state index in [4.69, 9.17) is 5.26 Å². The summed E-state index contributed by atoms with van der Waals surface area (Å²) in [5.74, 6) is 0.0247. The van der Waals surface area contributed by atoms with Crippen LogP contribution in [0.5, 0.6) is 0 Å². The SMILES string of the molecule is C=C(C)[C@@H](C)C(=O)N1CCC(c2cn(C)c3ncc(NC(=O)c4cccc(C#N)c4)c(C)c23)CC1. The quantitative estimate of drug-likeness (QED) is 0.537. The number of likely N-dealkylation sites (tertiary alicyclic amines) is 1. The monoisotopic (exact) mass is 469 g/mol. The second kappa shape index (κ2) is 9.75. The van der Waals surface area contributed by atoms with Crippen LogP contribution in [0, 0.1) is 24.2 Å². The van der Waals surface area contributed by atoms with Gasteiger partial charge in [-0.25, -0.2) is 4.98 Å². The molecule has 0 radical (unpaired) electrons. The number of hydrogen-bond donors (Lipinski definition) is 1. The van der Waals surface area contributed by atoms with Crippen LogP contribution in [-0.4, -0.2) is 39.4 Å². The van der Waals surface area contributed by atoms with Gasteiger partial charge in [-0.1, -0.05) is 18.2 Å². The summed E-state index contributed by atoms with van der Waals surface area (Å²) in [6, 6.07) is 8.70. The zero-order valence-corrected chi connectivity index (χ0v) is 20.8. The normalized spacial score (nSPS) is 15.0. The van der Waals surface area contributed by atoms with Crippen molar-refractivity contribution in [2.24, 2.45) is 13.0 Å². The lowest BCUT2D eigenvalue weighted by Crippen LogP contribution is -2.40. The van der Waals surface area contributed by atoms with E-state index in [2.05, 4.69) is 29.1 Å². The maximum Gasteiger partial charge on any atom is 0.255 e. The summed E-state index contributed by atoms with van der Waals surface area (Å²) in [7, 11) is 1.98. The molecule has 2 amide bonds. The average molecular weight is 470 g/mol. The van der Waals surface area contributed by atoms with E-state index in [-0.39, 0.29) is 17.7 Å². The number of anilines is 1. The largest absolute Gasteiger partial charge is 0.342 e. The number of benzene rings is 1. The summed E-state index contributed by atoms with van der Waals surface area (Å²) in [5, 5.41) is 13.2. The van der Waals surface area contributed by atoms with Gasteiger partial charge in [-0.05, 0) is 68.9 Å². The van der Waals surface area contributed by atoms with Crippen LogP contribution in [0.3, 0.4) is 0 Å². The Labute approximate surface area is 206 Å². The zero-order valence-electron chi connectivity index (χ0n) is 20.8. The lowest BCUT2D eigenvalue weighted by atomic mass is 9.87. The number of nitrogens with zero attached hydrogens (tertiary/aromatic N) is 4. The highest BCUT2D eigenvalue weighted by Crippen LogP contribution is 2.37. The predicted octanol–water partition coefficient (Wildman–Crippen LogP) is 4.92. The van der Waals surface area contributed by atoms with Crippen molar-refractivity contribution < 1.29 is 9.59 Å². The van der Waals surface area contributed by atoms with Gasteiger partial charge in [0.05, 0.1) is 29.4 Å². The van der Waals surface area contributed by atoms with Crippen LogP contribution in [0.4, 0.5) is 5.69 Å². The number of hydrogen-bond acceptors (Lipinski definition) is 4. The minimum atomic E-state index is -0.276. The van der Waals surface area contributed by atoms with Gasteiger partial charge in [0.15, 0.2) is 0 Å². The van der Waals surface area contributed by atoms with Crippen LogP contribution < -0.4 is 5.32 Å². The molecule has 1 aliphatic heterocycles. The van der Waals surface area contributed by atoms with Gasteiger partial charge < -0.3 is 14.8 Å². The summed E-state index contributed by atoms with van der Waals surface area (Å²) in [6.07, 6.45) is 5.58. The van der Waals surface area contributed by atoms with Crippen molar-refractivity contribution >= 4 is 28.5 Å². The van der Waals surface area contributed by atoms with Crippen molar-refractivity contribution in [2.45, 2.75) is 39.5 Å². The first-order chi connectivity index (χ1) is 16.7. The molecule has 0 spiro atoms. The summed E-state index contributed by atoms with van der Waals surface area (Å²) in [6.45, 7) is 11.2. The topological polar surface area (TPSA) is 91.0 Å². The Balaban J connectivity index is 1.58. The molecule has 180 valence electrons. The Bertz CT molecular complexity index is 1360. The number of pyridine rings is 1. The van der Waals surface area contributed by atoms with Crippen molar-refractivity contribution in [3.8, 4) is 6.07 Å². The standard InChI is InChI=1S/C28H31N5O2/c1-17(2)18(3)28(35)33-11-9-21(10-12-33)23-16-32(5)26-25(23)19(4)24(15-30-26)31-27(34)22-8-6-7-20(13-22)14-29/h6-8,13,15-16,18,21H,1,9-12H2,2-5H3,(H,31,34)/t18-/m1/s1. The van der Waals surface area contributed by atoms with Gasteiger partial charge >= 0.3 is 0 Å². The average Bonchev–Trinajstić information content (AvgIpc) is 3.21. The molecule has 7 heteroatoms. The molecule has 3 aromatic rings. The number of carbonyl (C=O) groups excluding carboxylic acids is 2. The van der Waals surface area contributed by atoms with Gasteiger partial charge in [-0.2, -0.15) is 5.26 Å². The third-order valence-electron chi connectivity index (χ3n) is 7.13. The maximum atomic E-state index is 12.9. The van der Waals surface area contributed by atoms with Crippen molar-refractivity contribution in [3.05, 3.63) is 71.1 Å². The van der Waals surface area contributed by atoms with Gasteiger partial charge in [0.25, 0.3) is 5.91 Å². The molecule has 0 unspecified atom stereocenters. The Morgan fingerprint density at radius 2 is 2.00 bits per heavy atom. The van der Waals surface area contributed by atoms with Crippen LogP contribution in [0.2, 0.25) is 0 Å². The predicted molar refractivity (Wildman–Crippen MR) is 137 cm³/mol. The molecular formula is C28H31N5O2. The minimum Gasteiger partial charge on any atom is -0.342 e. The fourth-order valence-corrected chi connectivity index (χ4v) is 4.79. The molecule has 1 fully saturated rings. The number of aromatic nitrogens is 2. The summed E-state index contributed by atoms with van der Waals surface area (Å²) in [4.78, 5) is 32.2. The molecule has 35 heavy (non-hydrogen) atoms. The molecule has 3 heterocycles. The summed E-state index contributed by atoms with van der Waals surface area (Å²) in [5.41, 5.74) is 5.45. The van der Waals surface area contributed by atoms with Crippen LogP contribution in [0.25, 0.3) is 11.0 Å². The molecule has 7 nitrogen and oxygen atoms in total. The van der Waals surface area contributed by atoms with Crippen molar-refractivity contribution in [1.29, 1.82) is 5.26 Å².